The summed E-state index contributed by atoms with van der Waals surface area (Å²) in [4.78, 5) is 3.91. The average Bonchev–Trinajstić information content (AvgIpc) is 2.46. The van der Waals surface area contributed by atoms with Crippen molar-refractivity contribution in [3.63, 3.8) is 0 Å². The Morgan fingerprint density at radius 1 is 1.00 bits per heavy atom. The number of hydrogen-bond acceptors (Lipinski definition) is 4. The van der Waals surface area contributed by atoms with Crippen LogP contribution in [0.3, 0.4) is 0 Å². The summed E-state index contributed by atoms with van der Waals surface area (Å²) in [5.74, 6) is 0.685. The number of hydrogen-bond donors (Lipinski definition) is 0. The van der Waals surface area contributed by atoms with E-state index in [1.807, 2.05) is 36.4 Å². The topological polar surface area (TPSA) is 47.9 Å². The molecule has 0 atom stereocenters. The second kappa shape index (κ2) is 5.52. The Labute approximate surface area is 132 Å². The highest BCUT2D eigenvalue weighted by molar-refractivity contribution is 9.10. The molecule has 3 aromatic rings. The lowest BCUT2D eigenvalue weighted by molar-refractivity contribution is 0.455. The van der Waals surface area contributed by atoms with E-state index < -0.39 is 0 Å². The van der Waals surface area contributed by atoms with E-state index in [1.165, 1.54) is 0 Å². The van der Waals surface area contributed by atoms with E-state index in [1.54, 1.807) is 0 Å². The molecule has 0 aliphatic rings. The molecule has 0 saturated carbocycles. The average molecular weight is 371 g/mol. The van der Waals surface area contributed by atoms with E-state index in [-0.39, 0.29) is 16.3 Å². The van der Waals surface area contributed by atoms with E-state index in [9.17, 15) is 0 Å². The molecule has 0 bridgehead atoms. The zero-order valence-electron chi connectivity index (χ0n) is 9.85. The molecule has 1 heterocycles. The standard InChI is InChI=1S/C13H6BrCl2N3O/c14-10-8-4-2-1-3-7(8)5-6-9(10)20-12-11(15)18-19-13(16)17-12/h1-6H. The van der Waals surface area contributed by atoms with Crippen molar-refractivity contribution in [3.8, 4) is 11.6 Å². The van der Waals surface area contributed by atoms with E-state index in [0.29, 0.717) is 5.75 Å². The number of aromatic nitrogens is 3. The van der Waals surface area contributed by atoms with Crippen molar-refractivity contribution in [1.29, 1.82) is 0 Å². The third kappa shape index (κ3) is 2.57. The molecular formula is C13H6BrCl2N3O. The Kier molecular flexibility index (Phi) is 3.74. The number of fused-ring (bicyclic) bond motifs is 1. The zero-order chi connectivity index (χ0) is 14.1. The highest BCUT2D eigenvalue weighted by Crippen LogP contribution is 2.36. The monoisotopic (exact) mass is 369 g/mol. The summed E-state index contributed by atoms with van der Waals surface area (Å²) in [6.07, 6.45) is 0. The fourth-order valence-corrected chi connectivity index (χ4v) is 2.55. The van der Waals surface area contributed by atoms with Gasteiger partial charge in [0.2, 0.25) is 10.4 Å². The van der Waals surface area contributed by atoms with Crippen molar-refractivity contribution in [1.82, 2.24) is 15.2 Å². The lowest BCUT2D eigenvalue weighted by Gasteiger charge is -2.09. The molecule has 1 aromatic heterocycles. The van der Waals surface area contributed by atoms with Gasteiger partial charge in [0, 0.05) is 0 Å². The number of halogens is 3. The van der Waals surface area contributed by atoms with Crippen molar-refractivity contribution in [2.75, 3.05) is 0 Å². The van der Waals surface area contributed by atoms with E-state index >= 15 is 0 Å². The van der Waals surface area contributed by atoms with Gasteiger partial charge in [-0.05, 0) is 44.4 Å². The Bertz CT molecular complexity index is 798. The molecule has 0 amide bonds. The van der Waals surface area contributed by atoms with Crippen LogP contribution in [0.5, 0.6) is 11.6 Å². The van der Waals surface area contributed by atoms with Crippen LogP contribution in [0.1, 0.15) is 0 Å². The molecule has 0 unspecified atom stereocenters. The van der Waals surface area contributed by atoms with E-state index in [0.717, 1.165) is 15.2 Å². The lowest BCUT2D eigenvalue weighted by atomic mass is 10.1. The second-order valence-electron chi connectivity index (χ2n) is 3.88. The SMILES string of the molecule is Clc1nnc(Cl)c(Oc2ccc3ccccc3c2Br)n1. The minimum atomic E-state index is -0.0266. The van der Waals surface area contributed by atoms with Gasteiger partial charge in [-0.25, -0.2) is 0 Å². The molecule has 0 saturated heterocycles. The second-order valence-corrected chi connectivity index (χ2v) is 5.37. The predicted molar refractivity (Wildman–Crippen MR) is 81.6 cm³/mol. The Hall–Kier alpha value is -1.43. The summed E-state index contributed by atoms with van der Waals surface area (Å²) in [7, 11) is 0. The first-order valence-electron chi connectivity index (χ1n) is 5.56. The van der Waals surface area contributed by atoms with Crippen LogP contribution in [0.25, 0.3) is 10.8 Å². The Morgan fingerprint density at radius 2 is 1.80 bits per heavy atom. The molecule has 0 aliphatic carbocycles. The third-order valence-corrected chi connectivity index (χ3v) is 3.84. The van der Waals surface area contributed by atoms with Gasteiger partial charge < -0.3 is 4.74 Å². The predicted octanol–water partition coefficient (Wildman–Crippen LogP) is 4.89. The van der Waals surface area contributed by atoms with Gasteiger partial charge in [-0.3, -0.25) is 0 Å². The van der Waals surface area contributed by atoms with Gasteiger partial charge in [0.25, 0.3) is 5.88 Å². The number of benzene rings is 2. The third-order valence-electron chi connectivity index (χ3n) is 2.63. The van der Waals surface area contributed by atoms with Crippen molar-refractivity contribution in [2.45, 2.75) is 0 Å². The van der Waals surface area contributed by atoms with Crippen LogP contribution >= 0.6 is 39.1 Å². The number of nitrogens with zero attached hydrogens (tertiary/aromatic N) is 3. The van der Waals surface area contributed by atoms with E-state index in [4.69, 9.17) is 27.9 Å². The first-order chi connectivity index (χ1) is 9.65. The molecule has 0 fully saturated rings. The number of ether oxygens (including phenoxy) is 1. The molecule has 0 N–H and O–H groups in total. The van der Waals surface area contributed by atoms with Gasteiger partial charge in [0.15, 0.2) is 0 Å². The molecular weight excluding hydrogens is 365 g/mol. The fourth-order valence-electron chi connectivity index (χ4n) is 1.74. The highest BCUT2D eigenvalue weighted by atomic mass is 79.9. The molecule has 0 radical (unpaired) electrons. The minimum Gasteiger partial charge on any atom is -0.435 e. The van der Waals surface area contributed by atoms with Gasteiger partial charge >= 0.3 is 0 Å². The molecule has 20 heavy (non-hydrogen) atoms. The van der Waals surface area contributed by atoms with Crippen LogP contribution in [0.4, 0.5) is 0 Å². The van der Waals surface area contributed by atoms with Crippen molar-refractivity contribution in [3.05, 3.63) is 51.3 Å². The first-order valence-corrected chi connectivity index (χ1v) is 7.11. The van der Waals surface area contributed by atoms with Crippen LogP contribution in [0.2, 0.25) is 10.4 Å². The van der Waals surface area contributed by atoms with Crippen molar-refractivity contribution < 1.29 is 4.74 Å². The normalized spacial score (nSPS) is 10.8. The molecule has 3 rings (SSSR count). The molecule has 7 heteroatoms. The molecule has 2 aromatic carbocycles. The largest absolute Gasteiger partial charge is 0.435 e. The van der Waals surface area contributed by atoms with Gasteiger partial charge in [-0.2, -0.15) is 4.98 Å². The van der Waals surface area contributed by atoms with Crippen LogP contribution in [-0.2, 0) is 0 Å². The van der Waals surface area contributed by atoms with Gasteiger partial charge in [0.1, 0.15) is 5.75 Å². The van der Waals surface area contributed by atoms with Crippen LogP contribution in [0.15, 0.2) is 40.9 Å². The van der Waals surface area contributed by atoms with E-state index in [2.05, 4.69) is 31.1 Å². The van der Waals surface area contributed by atoms with Crippen molar-refractivity contribution >= 4 is 49.9 Å². The van der Waals surface area contributed by atoms with Gasteiger partial charge in [-0.1, -0.05) is 41.9 Å². The summed E-state index contributed by atoms with van der Waals surface area (Å²) in [6.45, 7) is 0. The minimum absolute atomic E-state index is 0.0266. The van der Waals surface area contributed by atoms with Crippen LogP contribution in [0, 0.1) is 0 Å². The maximum absolute atomic E-state index is 5.88. The summed E-state index contributed by atoms with van der Waals surface area (Å²) >= 11 is 15.1. The maximum atomic E-state index is 5.88. The molecule has 0 spiro atoms. The first kappa shape index (κ1) is 13.5. The maximum Gasteiger partial charge on any atom is 0.262 e. The molecule has 4 nitrogen and oxygen atoms in total. The fraction of sp³-hybridized carbons (Fsp3) is 0. The summed E-state index contributed by atoms with van der Waals surface area (Å²) in [5, 5.41) is 9.32. The Balaban J connectivity index is 2.07. The van der Waals surface area contributed by atoms with Gasteiger partial charge in [-0.15, -0.1) is 10.2 Å². The smallest absolute Gasteiger partial charge is 0.262 e. The lowest BCUT2D eigenvalue weighted by Crippen LogP contribution is -1.95. The Morgan fingerprint density at radius 3 is 2.65 bits per heavy atom. The molecule has 100 valence electrons. The summed E-state index contributed by atoms with van der Waals surface area (Å²) in [5.41, 5.74) is 0. The zero-order valence-corrected chi connectivity index (χ0v) is 12.9. The van der Waals surface area contributed by atoms with Crippen LogP contribution in [-0.4, -0.2) is 15.2 Å². The quantitative estimate of drug-likeness (QED) is 0.644. The number of rotatable bonds is 2. The highest BCUT2D eigenvalue weighted by Gasteiger charge is 2.12. The van der Waals surface area contributed by atoms with Crippen molar-refractivity contribution in [2.24, 2.45) is 0 Å². The summed E-state index contributed by atoms with van der Waals surface area (Å²) < 4.78 is 6.46. The van der Waals surface area contributed by atoms with Crippen LogP contribution < -0.4 is 4.74 Å². The molecule has 0 aliphatic heterocycles. The van der Waals surface area contributed by atoms with Gasteiger partial charge in [0.05, 0.1) is 4.47 Å². The summed E-state index contributed by atoms with van der Waals surface area (Å²) in [6, 6.07) is 11.7.